The van der Waals surface area contributed by atoms with Gasteiger partial charge in [-0.2, -0.15) is 0 Å². The highest BCUT2D eigenvalue weighted by molar-refractivity contribution is 7.80. The van der Waals surface area contributed by atoms with Crippen LogP contribution in [0.3, 0.4) is 0 Å². The molecule has 1 aliphatic heterocycles. The number of para-hydroxylation sites is 1. The van der Waals surface area contributed by atoms with Gasteiger partial charge in [0.2, 0.25) is 0 Å². The number of nitrogens with zero attached hydrogens (tertiary/aromatic N) is 4. The minimum absolute atomic E-state index is 0.00909. The van der Waals surface area contributed by atoms with Crippen LogP contribution in [0.5, 0.6) is 0 Å². The Bertz CT molecular complexity index is 983. The van der Waals surface area contributed by atoms with E-state index in [1.54, 1.807) is 0 Å². The Balaban J connectivity index is 1.77. The van der Waals surface area contributed by atoms with Gasteiger partial charge < -0.3 is 19.7 Å². The summed E-state index contributed by atoms with van der Waals surface area (Å²) >= 11 is 5.80. The van der Waals surface area contributed by atoms with Crippen LogP contribution in [-0.4, -0.2) is 51.6 Å². The van der Waals surface area contributed by atoms with Gasteiger partial charge in [-0.3, -0.25) is 4.98 Å². The lowest BCUT2D eigenvalue weighted by molar-refractivity contribution is 0.286. The normalized spacial score (nSPS) is 18.8. The van der Waals surface area contributed by atoms with Gasteiger partial charge in [0.05, 0.1) is 17.8 Å². The molecule has 30 heavy (non-hydrogen) atoms. The molecule has 5 nitrogen and oxygen atoms in total. The Hall–Kier alpha value is -2.70. The molecule has 1 saturated heterocycles. The molecular weight excluding hydrogens is 390 g/mol. The maximum atomic E-state index is 5.80. The van der Waals surface area contributed by atoms with E-state index >= 15 is 0 Å². The lowest BCUT2D eigenvalue weighted by Crippen LogP contribution is -2.33. The Morgan fingerprint density at radius 2 is 1.80 bits per heavy atom. The number of benzene rings is 1. The molecule has 0 saturated carbocycles. The Kier molecular flexibility index (Phi) is 6.16. The van der Waals surface area contributed by atoms with E-state index < -0.39 is 0 Å². The molecule has 3 heterocycles. The number of rotatable bonds is 7. The number of nitrogens with one attached hydrogen (secondary N) is 1. The summed E-state index contributed by atoms with van der Waals surface area (Å²) in [6.45, 7) is 4.08. The van der Waals surface area contributed by atoms with Crippen molar-refractivity contribution in [3.05, 3.63) is 83.9 Å². The van der Waals surface area contributed by atoms with E-state index in [0.29, 0.717) is 0 Å². The largest absolute Gasteiger partial charge is 0.352 e. The standard InChI is InChI=1S/C24H29N5S/c1-18-13-14-21(29(18)19-10-5-4-6-11-19)23-22(20-12-7-8-15-25-20)26-24(30)28(23)17-9-16-27(2)3/h4-8,10-15,22-23H,9,16-17H2,1-3H3,(H,26,30)/t22-,23-/m1/s1. The van der Waals surface area contributed by atoms with Gasteiger partial charge in [-0.25, -0.2) is 0 Å². The second kappa shape index (κ2) is 8.98. The molecular formula is C24H29N5S. The van der Waals surface area contributed by atoms with Gasteiger partial charge in [-0.1, -0.05) is 24.3 Å². The maximum absolute atomic E-state index is 5.80. The number of hydrogen-bond donors (Lipinski definition) is 1. The minimum atomic E-state index is 0.00909. The highest BCUT2D eigenvalue weighted by Crippen LogP contribution is 2.40. The van der Waals surface area contributed by atoms with Crippen LogP contribution in [0.1, 0.15) is 35.6 Å². The Morgan fingerprint density at radius 1 is 1.03 bits per heavy atom. The van der Waals surface area contributed by atoms with Crippen molar-refractivity contribution in [3.8, 4) is 5.69 Å². The highest BCUT2D eigenvalue weighted by atomic mass is 32.1. The summed E-state index contributed by atoms with van der Waals surface area (Å²) in [4.78, 5) is 9.21. The van der Waals surface area contributed by atoms with Crippen molar-refractivity contribution < 1.29 is 0 Å². The van der Waals surface area contributed by atoms with E-state index in [1.807, 2.05) is 18.3 Å². The smallest absolute Gasteiger partial charge is 0.170 e. The van der Waals surface area contributed by atoms with Crippen LogP contribution in [0.25, 0.3) is 5.69 Å². The lowest BCUT2D eigenvalue weighted by Gasteiger charge is -2.29. The molecule has 3 aromatic rings. The van der Waals surface area contributed by atoms with Crippen LogP contribution in [0.2, 0.25) is 0 Å². The van der Waals surface area contributed by atoms with Crippen molar-refractivity contribution >= 4 is 17.3 Å². The van der Waals surface area contributed by atoms with E-state index in [0.717, 1.165) is 30.3 Å². The predicted molar refractivity (Wildman–Crippen MR) is 126 cm³/mol. The summed E-state index contributed by atoms with van der Waals surface area (Å²) in [5.74, 6) is 0. The van der Waals surface area contributed by atoms with Gasteiger partial charge in [0.1, 0.15) is 0 Å². The monoisotopic (exact) mass is 419 g/mol. The van der Waals surface area contributed by atoms with E-state index in [1.165, 1.54) is 17.1 Å². The zero-order valence-electron chi connectivity index (χ0n) is 17.8. The molecule has 0 bridgehead atoms. The van der Waals surface area contributed by atoms with Gasteiger partial charge >= 0.3 is 0 Å². The summed E-state index contributed by atoms with van der Waals surface area (Å²) in [7, 11) is 4.22. The summed E-state index contributed by atoms with van der Waals surface area (Å²) in [5.41, 5.74) is 4.62. The number of aryl methyl sites for hydroxylation is 1. The van der Waals surface area contributed by atoms with Crippen LogP contribution in [0.4, 0.5) is 0 Å². The average Bonchev–Trinajstić information content (AvgIpc) is 3.29. The second-order valence-electron chi connectivity index (χ2n) is 8.05. The van der Waals surface area contributed by atoms with Crippen LogP contribution >= 0.6 is 12.2 Å². The summed E-state index contributed by atoms with van der Waals surface area (Å²) < 4.78 is 2.34. The summed E-state index contributed by atoms with van der Waals surface area (Å²) in [6, 6.07) is 21.1. The van der Waals surface area contributed by atoms with Crippen molar-refractivity contribution in [3.63, 3.8) is 0 Å². The first-order chi connectivity index (χ1) is 14.6. The van der Waals surface area contributed by atoms with Crippen molar-refractivity contribution in [1.29, 1.82) is 0 Å². The molecule has 1 fully saturated rings. The number of thiocarbonyl (C=S) groups is 1. The second-order valence-corrected chi connectivity index (χ2v) is 8.43. The third-order valence-electron chi connectivity index (χ3n) is 5.63. The molecule has 0 unspecified atom stereocenters. The highest BCUT2D eigenvalue weighted by Gasteiger charge is 2.41. The third-order valence-corrected chi connectivity index (χ3v) is 5.98. The first kappa shape index (κ1) is 20.6. The number of hydrogen-bond acceptors (Lipinski definition) is 3. The molecule has 0 amide bonds. The zero-order valence-corrected chi connectivity index (χ0v) is 18.6. The van der Waals surface area contributed by atoms with Crippen LogP contribution in [0.15, 0.2) is 66.9 Å². The quantitative estimate of drug-likeness (QED) is 0.584. The molecule has 4 rings (SSSR count). The average molecular weight is 420 g/mol. The van der Waals surface area contributed by atoms with E-state index in [9.17, 15) is 0 Å². The molecule has 0 radical (unpaired) electrons. The SMILES string of the molecule is Cc1ccc([C@@H]2[C@@H](c3ccccn3)NC(=S)N2CCCN(C)C)n1-c1ccccc1. The van der Waals surface area contributed by atoms with Crippen molar-refractivity contribution in [2.45, 2.75) is 25.4 Å². The van der Waals surface area contributed by atoms with Crippen molar-refractivity contribution in [2.75, 3.05) is 27.2 Å². The number of aromatic nitrogens is 2. The molecule has 156 valence electrons. The summed E-state index contributed by atoms with van der Waals surface area (Å²) in [6.07, 6.45) is 2.90. The van der Waals surface area contributed by atoms with Gasteiger partial charge in [0, 0.05) is 29.8 Å². The number of pyridine rings is 1. The first-order valence-corrected chi connectivity index (χ1v) is 10.8. The van der Waals surface area contributed by atoms with E-state index in [-0.39, 0.29) is 12.1 Å². The van der Waals surface area contributed by atoms with Crippen molar-refractivity contribution in [2.24, 2.45) is 0 Å². The van der Waals surface area contributed by atoms with Crippen LogP contribution in [-0.2, 0) is 0 Å². The van der Waals surface area contributed by atoms with Gasteiger partial charge in [-0.05, 0) is 82.6 Å². The molecule has 2 atom stereocenters. The molecule has 1 N–H and O–H groups in total. The first-order valence-electron chi connectivity index (χ1n) is 10.4. The van der Waals surface area contributed by atoms with Crippen LogP contribution < -0.4 is 5.32 Å². The van der Waals surface area contributed by atoms with Gasteiger partial charge in [-0.15, -0.1) is 0 Å². The maximum Gasteiger partial charge on any atom is 0.170 e. The van der Waals surface area contributed by atoms with E-state index in [4.69, 9.17) is 12.2 Å². The topological polar surface area (TPSA) is 36.3 Å². The lowest BCUT2D eigenvalue weighted by atomic mass is 10.0. The molecule has 1 aliphatic rings. The fourth-order valence-electron chi connectivity index (χ4n) is 4.24. The third kappa shape index (κ3) is 4.11. The zero-order chi connectivity index (χ0) is 21.1. The van der Waals surface area contributed by atoms with Gasteiger partial charge in [0.25, 0.3) is 0 Å². The summed E-state index contributed by atoms with van der Waals surface area (Å²) in [5, 5.41) is 4.36. The van der Waals surface area contributed by atoms with E-state index in [2.05, 4.69) is 94.2 Å². The van der Waals surface area contributed by atoms with Gasteiger partial charge in [0.15, 0.2) is 5.11 Å². The van der Waals surface area contributed by atoms with Crippen molar-refractivity contribution in [1.82, 2.24) is 24.7 Å². The Labute approximate surface area is 184 Å². The molecule has 2 aromatic heterocycles. The molecule has 1 aromatic carbocycles. The minimum Gasteiger partial charge on any atom is -0.352 e. The van der Waals surface area contributed by atoms with Crippen LogP contribution in [0, 0.1) is 6.92 Å². The molecule has 0 aliphatic carbocycles. The molecule has 0 spiro atoms. The Morgan fingerprint density at radius 3 is 2.50 bits per heavy atom. The fourth-order valence-corrected chi connectivity index (χ4v) is 4.58. The molecule has 6 heteroatoms. The predicted octanol–water partition coefficient (Wildman–Crippen LogP) is 4.10. The fraction of sp³-hybridized carbons (Fsp3) is 0.333.